The minimum absolute atomic E-state index is 0.141. The highest BCUT2D eigenvalue weighted by Crippen LogP contribution is 2.46. The van der Waals surface area contributed by atoms with Crippen molar-refractivity contribution in [1.29, 1.82) is 0 Å². The first-order valence-corrected chi connectivity index (χ1v) is 14.1. The summed E-state index contributed by atoms with van der Waals surface area (Å²) < 4.78 is 16.6. The molecule has 2 aromatic heterocycles. The van der Waals surface area contributed by atoms with Crippen molar-refractivity contribution in [1.82, 2.24) is 15.3 Å². The predicted molar refractivity (Wildman–Crippen MR) is 159 cm³/mol. The van der Waals surface area contributed by atoms with Gasteiger partial charge in [0.15, 0.2) is 0 Å². The van der Waals surface area contributed by atoms with E-state index in [9.17, 15) is 4.79 Å². The fraction of sp³-hybridized carbons (Fsp3) is 0.414. The second-order valence-electron chi connectivity index (χ2n) is 10.1. The van der Waals surface area contributed by atoms with E-state index in [0.717, 1.165) is 17.3 Å². The third-order valence-corrected chi connectivity index (χ3v) is 8.25. The standard InChI is InChI=1S/C29H33Cl2N5O4/c1-4-25(37)35-21-15-40-14-20(21)34-24-10-18-17(13-32-24)9-19(36-29(18)33-12-16-7-5-6-8-16)26-27(30)22(38-2)11-23(39-3)28(26)31/h4,9-11,13,16,20-21H,1,5-8,12,14-15H2,2-3H3,(H,32,34)(H,33,36)(H,35,37)/t20-,21+/m1/s1. The molecule has 11 heteroatoms. The Morgan fingerprint density at radius 1 is 1.10 bits per heavy atom. The fourth-order valence-corrected chi connectivity index (χ4v) is 6.02. The molecule has 2 fully saturated rings. The van der Waals surface area contributed by atoms with Gasteiger partial charge in [-0.1, -0.05) is 42.6 Å². The van der Waals surface area contributed by atoms with Crippen molar-refractivity contribution in [2.24, 2.45) is 5.92 Å². The molecule has 1 aromatic carbocycles. The molecule has 1 aliphatic carbocycles. The van der Waals surface area contributed by atoms with Gasteiger partial charge in [0.2, 0.25) is 5.91 Å². The third kappa shape index (κ3) is 5.92. The van der Waals surface area contributed by atoms with Crippen LogP contribution in [0.25, 0.3) is 22.0 Å². The molecule has 3 aromatic rings. The van der Waals surface area contributed by atoms with E-state index < -0.39 is 0 Å². The molecule has 0 spiro atoms. The smallest absolute Gasteiger partial charge is 0.243 e. The summed E-state index contributed by atoms with van der Waals surface area (Å²) in [5.41, 5.74) is 1.10. The Labute approximate surface area is 243 Å². The van der Waals surface area contributed by atoms with Crippen molar-refractivity contribution >= 4 is 51.5 Å². The topological polar surface area (TPSA) is 107 Å². The minimum atomic E-state index is -0.240. The second kappa shape index (κ2) is 12.5. The van der Waals surface area contributed by atoms with Crippen molar-refractivity contribution in [3.63, 3.8) is 0 Å². The Hall–Kier alpha value is -3.27. The maximum atomic E-state index is 11.9. The highest BCUT2D eigenvalue weighted by molar-refractivity contribution is 6.41. The van der Waals surface area contributed by atoms with E-state index in [4.69, 9.17) is 42.4 Å². The van der Waals surface area contributed by atoms with Crippen LogP contribution in [0.15, 0.2) is 37.1 Å². The normalized spacial score (nSPS) is 19.0. The number of nitrogens with one attached hydrogen (secondary N) is 3. The van der Waals surface area contributed by atoms with Gasteiger partial charge in [-0.05, 0) is 37.0 Å². The highest BCUT2D eigenvalue weighted by atomic mass is 35.5. The molecule has 9 nitrogen and oxygen atoms in total. The molecule has 1 amide bonds. The zero-order chi connectivity index (χ0) is 28.2. The van der Waals surface area contributed by atoms with Gasteiger partial charge in [0.1, 0.15) is 23.1 Å². The van der Waals surface area contributed by atoms with Gasteiger partial charge in [0, 0.05) is 35.1 Å². The monoisotopic (exact) mass is 585 g/mol. The number of anilines is 2. The number of hydrogen-bond acceptors (Lipinski definition) is 8. The number of halogens is 2. The van der Waals surface area contributed by atoms with Crippen LogP contribution in [0.4, 0.5) is 11.6 Å². The lowest BCUT2D eigenvalue weighted by Crippen LogP contribution is -2.45. The predicted octanol–water partition coefficient (Wildman–Crippen LogP) is 5.70. The van der Waals surface area contributed by atoms with Gasteiger partial charge in [-0.2, -0.15) is 0 Å². The van der Waals surface area contributed by atoms with Crippen LogP contribution in [0.1, 0.15) is 25.7 Å². The Kier molecular flexibility index (Phi) is 8.83. The lowest BCUT2D eigenvalue weighted by molar-refractivity contribution is -0.117. The van der Waals surface area contributed by atoms with Gasteiger partial charge in [-0.3, -0.25) is 4.79 Å². The molecule has 2 aliphatic rings. The Bertz CT molecular complexity index is 1380. The van der Waals surface area contributed by atoms with Gasteiger partial charge >= 0.3 is 0 Å². The third-order valence-electron chi connectivity index (χ3n) is 7.50. The van der Waals surface area contributed by atoms with E-state index in [0.29, 0.717) is 63.6 Å². The van der Waals surface area contributed by atoms with Crippen molar-refractivity contribution in [2.75, 3.05) is 44.6 Å². The molecular weight excluding hydrogens is 553 g/mol. The maximum absolute atomic E-state index is 11.9. The summed E-state index contributed by atoms with van der Waals surface area (Å²) in [6, 6.07) is 5.19. The fourth-order valence-electron chi connectivity index (χ4n) is 5.32. The largest absolute Gasteiger partial charge is 0.495 e. The molecule has 2 atom stereocenters. The summed E-state index contributed by atoms with van der Waals surface area (Å²) in [6.07, 6.45) is 7.94. The lowest BCUT2D eigenvalue weighted by Gasteiger charge is -2.21. The van der Waals surface area contributed by atoms with E-state index in [1.807, 2.05) is 12.1 Å². The van der Waals surface area contributed by atoms with E-state index in [1.54, 1.807) is 26.5 Å². The number of carbonyl (C=O) groups excluding carboxylic acids is 1. The lowest BCUT2D eigenvalue weighted by atomic mass is 10.1. The number of amides is 1. The van der Waals surface area contributed by atoms with Crippen LogP contribution in [0, 0.1) is 5.92 Å². The van der Waals surface area contributed by atoms with Crippen LogP contribution in [0.5, 0.6) is 11.5 Å². The molecule has 3 heterocycles. The molecule has 1 saturated heterocycles. The van der Waals surface area contributed by atoms with Crippen molar-refractivity contribution in [3.8, 4) is 22.8 Å². The summed E-state index contributed by atoms with van der Waals surface area (Å²) >= 11 is 13.5. The van der Waals surface area contributed by atoms with Gasteiger partial charge in [0.25, 0.3) is 0 Å². The number of methoxy groups -OCH3 is 2. The molecule has 0 bridgehead atoms. The van der Waals surface area contributed by atoms with Gasteiger partial charge in [-0.25, -0.2) is 9.97 Å². The molecule has 3 N–H and O–H groups in total. The maximum Gasteiger partial charge on any atom is 0.243 e. The summed E-state index contributed by atoms with van der Waals surface area (Å²) in [4.78, 5) is 21.5. The van der Waals surface area contributed by atoms with Crippen LogP contribution < -0.4 is 25.4 Å². The Morgan fingerprint density at radius 2 is 1.80 bits per heavy atom. The first-order chi connectivity index (χ1) is 19.4. The SMILES string of the molecule is C=CC(=O)N[C@H]1COC[C@H]1Nc1cc2c(NCC3CCCC3)nc(-c3c(Cl)c(OC)cc(OC)c3Cl)cc2cn1. The van der Waals surface area contributed by atoms with Gasteiger partial charge in [0.05, 0.1) is 55.3 Å². The molecule has 1 saturated carbocycles. The van der Waals surface area contributed by atoms with Crippen molar-refractivity contribution in [3.05, 3.63) is 47.1 Å². The number of benzene rings is 1. The number of nitrogens with zero attached hydrogens (tertiary/aromatic N) is 2. The highest BCUT2D eigenvalue weighted by Gasteiger charge is 2.29. The van der Waals surface area contributed by atoms with E-state index in [-0.39, 0.29) is 18.0 Å². The summed E-state index contributed by atoms with van der Waals surface area (Å²) in [6.45, 7) is 5.20. The molecule has 1 aliphatic heterocycles. The number of fused-ring (bicyclic) bond motifs is 1. The number of ether oxygens (including phenoxy) is 3. The summed E-state index contributed by atoms with van der Waals surface area (Å²) in [7, 11) is 3.09. The molecule has 0 unspecified atom stereocenters. The molecule has 40 heavy (non-hydrogen) atoms. The number of pyridine rings is 2. The molecule has 0 radical (unpaired) electrons. The van der Waals surface area contributed by atoms with Gasteiger partial charge < -0.3 is 30.2 Å². The van der Waals surface area contributed by atoms with Crippen LogP contribution >= 0.6 is 23.2 Å². The first-order valence-electron chi connectivity index (χ1n) is 13.3. The van der Waals surface area contributed by atoms with Gasteiger partial charge in [-0.15, -0.1) is 0 Å². The van der Waals surface area contributed by atoms with Crippen molar-refractivity contribution in [2.45, 2.75) is 37.8 Å². The summed E-state index contributed by atoms with van der Waals surface area (Å²) in [5.74, 6) is 2.59. The zero-order valence-corrected chi connectivity index (χ0v) is 24.1. The molecule has 5 rings (SSSR count). The Balaban J connectivity index is 1.54. The number of rotatable bonds is 10. The summed E-state index contributed by atoms with van der Waals surface area (Å²) in [5, 5.41) is 12.4. The number of carbonyl (C=O) groups is 1. The minimum Gasteiger partial charge on any atom is -0.495 e. The number of aromatic nitrogens is 2. The Morgan fingerprint density at radius 3 is 2.48 bits per heavy atom. The van der Waals surface area contributed by atoms with Crippen LogP contribution in [-0.4, -0.2) is 61.9 Å². The second-order valence-corrected chi connectivity index (χ2v) is 10.8. The van der Waals surface area contributed by atoms with Crippen LogP contribution in [0.2, 0.25) is 10.0 Å². The zero-order valence-electron chi connectivity index (χ0n) is 22.6. The van der Waals surface area contributed by atoms with E-state index in [1.165, 1.54) is 31.8 Å². The quantitative estimate of drug-likeness (QED) is 0.260. The van der Waals surface area contributed by atoms with Crippen molar-refractivity contribution < 1.29 is 19.0 Å². The van der Waals surface area contributed by atoms with Crippen LogP contribution in [-0.2, 0) is 9.53 Å². The first kappa shape index (κ1) is 28.3. The molecular formula is C29H33Cl2N5O4. The number of hydrogen-bond donors (Lipinski definition) is 3. The van der Waals surface area contributed by atoms with E-state index >= 15 is 0 Å². The van der Waals surface area contributed by atoms with Crippen LogP contribution in [0.3, 0.4) is 0 Å². The average molecular weight is 587 g/mol. The van der Waals surface area contributed by atoms with E-state index in [2.05, 4.69) is 27.5 Å². The molecule has 212 valence electrons. The average Bonchev–Trinajstić information content (AvgIpc) is 3.64.